The van der Waals surface area contributed by atoms with Gasteiger partial charge in [0.15, 0.2) is 5.16 Å². The molecule has 1 aromatic heterocycles. The number of piperidine rings is 1. The maximum absolute atomic E-state index is 12.7. The predicted molar refractivity (Wildman–Crippen MR) is 98.0 cm³/mol. The van der Waals surface area contributed by atoms with Crippen molar-refractivity contribution in [2.45, 2.75) is 36.6 Å². The van der Waals surface area contributed by atoms with Gasteiger partial charge in [-0.25, -0.2) is 4.98 Å². The number of likely N-dealkylation sites (tertiary alicyclic amines) is 1. The van der Waals surface area contributed by atoms with E-state index in [1.165, 1.54) is 5.56 Å². The van der Waals surface area contributed by atoms with Gasteiger partial charge in [0.05, 0.1) is 5.25 Å². The van der Waals surface area contributed by atoms with E-state index in [2.05, 4.69) is 35.3 Å². The lowest BCUT2D eigenvalue weighted by Crippen LogP contribution is -2.42. The number of nitrogens with zero attached hydrogens (tertiary/aromatic N) is 3. The first-order valence-electron chi connectivity index (χ1n) is 8.60. The summed E-state index contributed by atoms with van der Waals surface area (Å²) in [5.74, 6) is 0.926. The molecule has 24 heavy (non-hydrogen) atoms. The maximum atomic E-state index is 12.7. The van der Waals surface area contributed by atoms with Crippen LogP contribution in [0, 0.1) is 5.92 Å². The Morgan fingerprint density at radius 1 is 1.29 bits per heavy atom. The first-order valence-corrected chi connectivity index (χ1v) is 9.48. The quantitative estimate of drug-likeness (QED) is 0.781. The Labute approximate surface area is 148 Å². The number of hydrogen-bond acceptors (Lipinski definition) is 3. The molecule has 5 heteroatoms. The zero-order valence-electron chi connectivity index (χ0n) is 14.4. The monoisotopic (exact) mass is 343 g/mol. The fourth-order valence-electron chi connectivity index (χ4n) is 3.24. The van der Waals surface area contributed by atoms with Gasteiger partial charge in [-0.1, -0.05) is 42.1 Å². The molecule has 2 aromatic rings. The van der Waals surface area contributed by atoms with Gasteiger partial charge in [-0.15, -0.1) is 0 Å². The summed E-state index contributed by atoms with van der Waals surface area (Å²) >= 11 is 1.54. The number of aryl methyl sites for hydroxylation is 1. The smallest absolute Gasteiger partial charge is 0.235 e. The van der Waals surface area contributed by atoms with Gasteiger partial charge >= 0.3 is 0 Å². The summed E-state index contributed by atoms with van der Waals surface area (Å²) < 4.78 is 1.96. The van der Waals surface area contributed by atoms with Gasteiger partial charge in [-0.3, -0.25) is 4.79 Å². The van der Waals surface area contributed by atoms with Crippen molar-refractivity contribution in [3.05, 3.63) is 48.3 Å². The lowest BCUT2D eigenvalue weighted by Gasteiger charge is -2.33. The number of imidazole rings is 1. The fraction of sp³-hybridized carbons (Fsp3) is 0.474. The SMILES string of the molecule is CC(Sc1nccn1C)C(=O)N1CCC(Cc2ccccc2)CC1. The summed E-state index contributed by atoms with van der Waals surface area (Å²) in [7, 11) is 1.96. The van der Waals surface area contributed by atoms with Crippen LogP contribution in [0.1, 0.15) is 25.3 Å². The number of rotatable bonds is 5. The van der Waals surface area contributed by atoms with Crippen LogP contribution in [0.4, 0.5) is 0 Å². The van der Waals surface area contributed by atoms with Gasteiger partial charge < -0.3 is 9.47 Å². The Balaban J connectivity index is 1.49. The molecule has 1 fully saturated rings. The molecular formula is C19H25N3OS. The standard InChI is InChI=1S/C19H25N3OS/c1-15(24-19-20-10-13-21(19)2)18(23)22-11-8-17(9-12-22)14-16-6-4-3-5-7-16/h3-7,10,13,15,17H,8-9,11-12,14H2,1-2H3. The van der Waals surface area contributed by atoms with E-state index in [0.717, 1.165) is 37.5 Å². The first kappa shape index (κ1) is 17.1. The summed E-state index contributed by atoms with van der Waals surface area (Å²) in [5.41, 5.74) is 1.40. The minimum Gasteiger partial charge on any atom is -0.342 e. The zero-order chi connectivity index (χ0) is 16.9. The molecule has 3 rings (SSSR count). The van der Waals surface area contributed by atoms with Crippen LogP contribution < -0.4 is 0 Å². The number of carbonyl (C=O) groups is 1. The molecular weight excluding hydrogens is 318 g/mol. The highest BCUT2D eigenvalue weighted by Gasteiger charge is 2.27. The van der Waals surface area contributed by atoms with Crippen molar-refractivity contribution in [3.63, 3.8) is 0 Å². The Hall–Kier alpha value is -1.75. The van der Waals surface area contributed by atoms with E-state index in [4.69, 9.17) is 0 Å². The van der Waals surface area contributed by atoms with Gasteiger partial charge in [-0.2, -0.15) is 0 Å². The number of hydrogen-bond donors (Lipinski definition) is 0. The van der Waals surface area contributed by atoms with Crippen molar-refractivity contribution in [1.82, 2.24) is 14.5 Å². The summed E-state index contributed by atoms with van der Waals surface area (Å²) in [6.07, 6.45) is 7.00. The average Bonchev–Trinajstić information content (AvgIpc) is 3.00. The van der Waals surface area contributed by atoms with E-state index < -0.39 is 0 Å². The van der Waals surface area contributed by atoms with Crippen LogP contribution in [0.15, 0.2) is 47.9 Å². The van der Waals surface area contributed by atoms with Crippen molar-refractivity contribution in [2.75, 3.05) is 13.1 Å². The number of thioether (sulfide) groups is 1. The molecule has 0 aliphatic carbocycles. The fourth-order valence-corrected chi connectivity index (χ4v) is 4.15. The molecule has 128 valence electrons. The number of carbonyl (C=O) groups excluding carboxylic acids is 1. The van der Waals surface area contributed by atoms with E-state index in [9.17, 15) is 4.79 Å². The largest absolute Gasteiger partial charge is 0.342 e. The molecule has 1 aliphatic rings. The normalized spacial score (nSPS) is 17.0. The zero-order valence-corrected chi connectivity index (χ0v) is 15.2. The van der Waals surface area contributed by atoms with Crippen molar-refractivity contribution in [3.8, 4) is 0 Å². The van der Waals surface area contributed by atoms with Crippen molar-refractivity contribution >= 4 is 17.7 Å². The van der Waals surface area contributed by atoms with Crippen molar-refractivity contribution in [1.29, 1.82) is 0 Å². The second kappa shape index (κ2) is 7.88. The minimum absolute atomic E-state index is 0.0863. The molecule has 1 unspecified atom stereocenters. The Morgan fingerprint density at radius 2 is 2.00 bits per heavy atom. The van der Waals surface area contributed by atoms with Crippen molar-refractivity contribution < 1.29 is 4.79 Å². The molecule has 1 aromatic carbocycles. The molecule has 0 spiro atoms. The second-order valence-electron chi connectivity index (χ2n) is 6.54. The van der Waals surface area contributed by atoms with Crippen LogP contribution in [0.25, 0.3) is 0 Å². The van der Waals surface area contributed by atoms with Crippen LogP contribution in [-0.4, -0.2) is 38.7 Å². The van der Waals surface area contributed by atoms with Gasteiger partial charge in [-0.05, 0) is 37.7 Å². The molecule has 1 saturated heterocycles. The Morgan fingerprint density at radius 3 is 2.62 bits per heavy atom. The van der Waals surface area contributed by atoms with Gasteiger partial charge in [0.2, 0.25) is 5.91 Å². The third-order valence-electron chi connectivity index (χ3n) is 4.70. The molecule has 2 heterocycles. The molecule has 1 aliphatic heterocycles. The summed E-state index contributed by atoms with van der Waals surface area (Å²) in [4.78, 5) is 19.0. The molecule has 1 amide bonds. The molecule has 4 nitrogen and oxygen atoms in total. The number of aromatic nitrogens is 2. The van der Waals surface area contributed by atoms with E-state index in [1.54, 1.807) is 18.0 Å². The molecule has 0 saturated carbocycles. The van der Waals surface area contributed by atoms with E-state index >= 15 is 0 Å². The lowest BCUT2D eigenvalue weighted by atomic mass is 9.90. The van der Waals surface area contributed by atoms with Gasteiger partial charge in [0, 0.05) is 32.5 Å². The van der Waals surface area contributed by atoms with Gasteiger partial charge in [0.25, 0.3) is 0 Å². The van der Waals surface area contributed by atoms with Gasteiger partial charge in [0.1, 0.15) is 0 Å². The van der Waals surface area contributed by atoms with Crippen LogP contribution in [0.3, 0.4) is 0 Å². The van der Waals surface area contributed by atoms with E-state index in [0.29, 0.717) is 5.92 Å². The van der Waals surface area contributed by atoms with Crippen LogP contribution in [0.5, 0.6) is 0 Å². The number of amides is 1. The summed E-state index contributed by atoms with van der Waals surface area (Å²) in [5, 5.41) is 0.812. The van der Waals surface area contributed by atoms with Crippen molar-refractivity contribution in [2.24, 2.45) is 13.0 Å². The third kappa shape index (κ3) is 4.20. The third-order valence-corrected chi connectivity index (χ3v) is 5.86. The topological polar surface area (TPSA) is 38.1 Å². The molecule has 0 radical (unpaired) electrons. The second-order valence-corrected chi connectivity index (χ2v) is 7.85. The van der Waals surface area contributed by atoms with E-state index in [1.807, 2.05) is 29.6 Å². The predicted octanol–water partition coefficient (Wildman–Crippen LogP) is 3.38. The molecule has 0 bridgehead atoms. The summed E-state index contributed by atoms with van der Waals surface area (Å²) in [6.45, 7) is 3.74. The molecule has 0 N–H and O–H groups in total. The average molecular weight is 343 g/mol. The maximum Gasteiger partial charge on any atom is 0.235 e. The first-order chi connectivity index (χ1) is 11.6. The van der Waals surface area contributed by atoms with E-state index in [-0.39, 0.29) is 11.2 Å². The Kier molecular flexibility index (Phi) is 5.61. The summed E-state index contributed by atoms with van der Waals surface area (Å²) in [6, 6.07) is 10.7. The Bertz CT molecular complexity index is 662. The highest BCUT2D eigenvalue weighted by atomic mass is 32.2. The highest BCUT2D eigenvalue weighted by Crippen LogP contribution is 2.26. The number of benzene rings is 1. The van der Waals surface area contributed by atoms with Crippen LogP contribution >= 0.6 is 11.8 Å². The van der Waals surface area contributed by atoms with Crippen LogP contribution in [-0.2, 0) is 18.3 Å². The van der Waals surface area contributed by atoms with Crippen LogP contribution in [0.2, 0.25) is 0 Å². The molecule has 1 atom stereocenters. The lowest BCUT2D eigenvalue weighted by molar-refractivity contribution is -0.131. The highest BCUT2D eigenvalue weighted by molar-refractivity contribution is 8.00. The minimum atomic E-state index is -0.0863.